The number of rotatable bonds is 4. The van der Waals surface area contributed by atoms with E-state index < -0.39 is 0 Å². The van der Waals surface area contributed by atoms with Gasteiger partial charge >= 0.3 is 0 Å². The third-order valence-corrected chi connectivity index (χ3v) is 4.49. The van der Waals surface area contributed by atoms with Crippen LogP contribution in [0, 0.1) is 0 Å². The van der Waals surface area contributed by atoms with Gasteiger partial charge in [0.25, 0.3) is 11.8 Å². The quantitative estimate of drug-likeness (QED) is 0.740. The van der Waals surface area contributed by atoms with Crippen LogP contribution in [0.5, 0.6) is 11.5 Å². The van der Waals surface area contributed by atoms with E-state index in [1.165, 1.54) is 17.2 Å². The summed E-state index contributed by atoms with van der Waals surface area (Å²) in [5, 5.41) is 2.81. The zero-order valence-electron chi connectivity index (χ0n) is 15.8. The second-order valence-corrected chi connectivity index (χ2v) is 6.44. The van der Waals surface area contributed by atoms with Gasteiger partial charge in [0, 0.05) is 36.2 Å². The fraction of sp³-hybridized carbons (Fsp3) is 0.136. The molecule has 146 valence electrons. The monoisotopic (exact) mass is 389 g/mol. The maximum Gasteiger partial charge on any atom is 0.276 e. The molecule has 1 N–H and O–H groups in total. The van der Waals surface area contributed by atoms with Crippen LogP contribution in [0.15, 0.2) is 66.9 Å². The van der Waals surface area contributed by atoms with Gasteiger partial charge in [-0.25, -0.2) is 0 Å². The highest BCUT2D eigenvalue weighted by atomic mass is 16.6. The van der Waals surface area contributed by atoms with Gasteiger partial charge in [-0.2, -0.15) is 0 Å². The first-order chi connectivity index (χ1) is 14.1. The fourth-order valence-electron chi connectivity index (χ4n) is 2.95. The molecule has 0 radical (unpaired) electrons. The maximum atomic E-state index is 12.7. The average Bonchev–Trinajstić information content (AvgIpc) is 2.78. The van der Waals surface area contributed by atoms with E-state index in [0.29, 0.717) is 36.0 Å². The van der Waals surface area contributed by atoms with Crippen molar-refractivity contribution in [1.29, 1.82) is 0 Å². The number of benzene rings is 2. The van der Waals surface area contributed by atoms with Crippen LogP contribution in [0.25, 0.3) is 0 Å². The Bertz CT molecular complexity index is 1050. The van der Waals surface area contributed by atoms with Crippen LogP contribution in [0.4, 0.5) is 11.4 Å². The zero-order chi connectivity index (χ0) is 20.2. The van der Waals surface area contributed by atoms with Gasteiger partial charge in [-0.3, -0.25) is 14.6 Å². The summed E-state index contributed by atoms with van der Waals surface area (Å²) in [6.45, 7) is 0.971. The second-order valence-electron chi connectivity index (χ2n) is 6.44. The molecule has 2 aromatic carbocycles. The molecule has 0 fully saturated rings. The van der Waals surface area contributed by atoms with Gasteiger partial charge in [-0.15, -0.1) is 0 Å². The van der Waals surface area contributed by atoms with Gasteiger partial charge in [0.05, 0.1) is 0 Å². The van der Waals surface area contributed by atoms with Crippen molar-refractivity contribution in [3.63, 3.8) is 0 Å². The molecule has 0 atom stereocenters. The van der Waals surface area contributed by atoms with Crippen LogP contribution in [-0.4, -0.2) is 37.1 Å². The lowest BCUT2D eigenvalue weighted by Crippen LogP contribution is -2.27. The predicted octanol–water partition coefficient (Wildman–Crippen LogP) is 3.38. The van der Waals surface area contributed by atoms with Crippen LogP contribution in [0.3, 0.4) is 0 Å². The number of carbonyl (C=O) groups is 2. The van der Waals surface area contributed by atoms with Crippen molar-refractivity contribution in [2.75, 3.05) is 30.5 Å². The number of para-hydroxylation sites is 1. The molecule has 0 saturated carbocycles. The predicted molar refractivity (Wildman–Crippen MR) is 109 cm³/mol. The molecule has 0 unspecified atom stereocenters. The number of fused-ring (bicyclic) bond motifs is 1. The number of nitrogens with one attached hydrogen (secondary N) is 1. The van der Waals surface area contributed by atoms with Crippen molar-refractivity contribution in [1.82, 2.24) is 4.98 Å². The minimum atomic E-state index is -0.347. The highest BCUT2D eigenvalue weighted by Crippen LogP contribution is 2.32. The van der Waals surface area contributed by atoms with Crippen LogP contribution in [0.1, 0.15) is 20.8 Å². The normalized spacial score (nSPS) is 12.2. The molecule has 3 aromatic rings. The van der Waals surface area contributed by atoms with E-state index in [2.05, 4.69) is 10.3 Å². The van der Waals surface area contributed by atoms with Crippen LogP contribution in [-0.2, 0) is 0 Å². The van der Waals surface area contributed by atoms with E-state index in [1.807, 2.05) is 30.3 Å². The van der Waals surface area contributed by atoms with Crippen molar-refractivity contribution >= 4 is 23.2 Å². The Balaban J connectivity index is 1.51. The molecule has 1 aromatic heterocycles. The molecule has 29 heavy (non-hydrogen) atoms. The number of aromatic nitrogens is 1. The summed E-state index contributed by atoms with van der Waals surface area (Å²) in [4.78, 5) is 31.0. The Morgan fingerprint density at radius 1 is 0.966 bits per heavy atom. The first-order valence-corrected chi connectivity index (χ1v) is 9.12. The number of hydrogen-bond acceptors (Lipinski definition) is 5. The fourth-order valence-corrected chi connectivity index (χ4v) is 2.95. The van der Waals surface area contributed by atoms with Crippen molar-refractivity contribution < 1.29 is 19.1 Å². The lowest BCUT2D eigenvalue weighted by Gasteiger charge is -2.19. The lowest BCUT2D eigenvalue weighted by molar-refractivity contribution is 0.0988. The third kappa shape index (κ3) is 4.03. The molecule has 4 rings (SSSR count). The number of anilines is 2. The summed E-state index contributed by atoms with van der Waals surface area (Å²) in [6, 6.07) is 17.5. The Morgan fingerprint density at radius 2 is 1.72 bits per heavy atom. The van der Waals surface area contributed by atoms with E-state index in [4.69, 9.17) is 9.47 Å². The second kappa shape index (κ2) is 8.02. The summed E-state index contributed by atoms with van der Waals surface area (Å²) < 4.78 is 11.0. The lowest BCUT2D eigenvalue weighted by atomic mass is 10.2. The van der Waals surface area contributed by atoms with Crippen molar-refractivity contribution in [3.05, 3.63) is 78.1 Å². The molecule has 1 aliphatic heterocycles. The SMILES string of the molecule is CN(C(=O)c1cc(C(=O)Nc2ccc3c(c2)OCCO3)ccn1)c1ccccc1. The van der Waals surface area contributed by atoms with E-state index in [9.17, 15) is 9.59 Å². The minimum absolute atomic E-state index is 0.186. The molecule has 0 bridgehead atoms. The molecular formula is C22H19N3O4. The molecule has 0 aliphatic carbocycles. The summed E-state index contributed by atoms with van der Waals surface area (Å²) >= 11 is 0. The van der Waals surface area contributed by atoms with E-state index >= 15 is 0 Å². The van der Waals surface area contributed by atoms with Gasteiger partial charge in [-0.05, 0) is 36.4 Å². The van der Waals surface area contributed by atoms with Crippen LogP contribution >= 0.6 is 0 Å². The molecule has 2 amide bonds. The van der Waals surface area contributed by atoms with E-state index in [1.54, 1.807) is 31.3 Å². The molecule has 7 heteroatoms. The largest absolute Gasteiger partial charge is 0.486 e. The minimum Gasteiger partial charge on any atom is -0.486 e. The molecular weight excluding hydrogens is 370 g/mol. The van der Waals surface area contributed by atoms with Crippen LogP contribution in [0.2, 0.25) is 0 Å². The number of hydrogen-bond donors (Lipinski definition) is 1. The zero-order valence-corrected chi connectivity index (χ0v) is 15.8. The van der Waals surface area contributed by atoms with Gasteiger partial charge < -0.3 is 19.7 Å². The molecule has 2 heterocycles. The number of ether oxygens (including phenoxy) is 2. The number of nitrogens with zero attached hydrogens (tertiary/aromatic N) is 2. The number of pyridine rings is 1. The molecule has 0 saturated heterocycles. The van der Waals surface area contributed by atoms with Crippen LogP contribution < -0.4 is 19.7 Å². The standard InChI is InChI=1S/C22H19N3O4/c1-25(17-5-3-2-4-6-17)22(27)18-13-15(9-10-23-18)21(26)24-16-7-8-19-20(14-16)29-12-11-28-19/h2-10,13-14H,11-12H2,1H3,(H,24,26). The maximum absolute atomic E-state index is 12.7. The molecule has 1 aliphatic rings. The average molecular weight is 389 g/mol. The van der Waals surface area contributed by atoms with Gasteiger partial charge in [0.2, 0.25) is 0 Å². The summed E-state index contributed by atoms with van der Waals surface area (Å²) in [6.07, 6.45) is 1.45. The first kappa shape index (κ1) is 18.5. The highest BCUT2D eigenvalue weighted by Gasteiger charge is 2.18. The van der Waals surface area contributed by atoms with E-state index in [0.717, 1.165) is 5.69 Å². The smallest absolute Gasteiger partial charge is 0.276 e. The molecule has 7 nitrogen and oxygen atoms in total. The summed E-state index contributed by atoms with van der Waals surface area (Å²) in [7, 11) is 1.67. The topological polar surface area (TPSA) is 80.8 Å². The van der Waals surface area contributed by atoms with Crippen molar-refractivity contribution in [3.8, 4) is 11.5 Å². The Morgan fingerprint density at radius 3 is 2.52 bits per heavy atom. The Labute approximate surface area is 167 Å². The molecule has 0 spiro atoms. The van der Waals surface area contributed by atoms with Crippen molar-refractivity contribution in [2.45, 2.75) is 0 Å². The van der Waals surface area contributed by atoms with Gasteiger partial charge in [0.15, 0.2) is 11.5 Å². The number of amides is 2. The van der Waals surface area contributed by atoms with Gasteiger partial charge in [0.1, 0.15) is 18.9 Å². The van der Waals surface area contributed by atoms with Crippen molar-refractivity contribution in [2.24, 2.45) is 0 Å². The Hall–Kier alpha value is -3.87. The summed E-state index contributed by atoms with van der Waals surface area (Å²) in [5.74, 6) is 0.588. The van der Waals surface area contributed by atoms with E-state index in [-0.39, 0.29) is 17.5 Å². The number of carbonyl (C=O) groups excluding carboxylic acids is 2. The first-order valence-electron chi connectivity index (χ1n) is 9.12. The summed E-state index contributed by atoms with van der Waals surface area (Å²) in [5.41, 5.74) is 1.83. The Kier molecular flexibility index (Phi) is 5.11. The highest BCUT2D eigenvalue weighted by molar-refractivity contribution is 6.08. The third-order valence-electron chi connectivity index (χ3n) is 4.49. The van der Waals surface area contributed by atoms with Gasteiger partial charge in [-0.1, -0.05) is 18.2 Å².